The van der Waals surface area contributed by atoms with Crippen LogP contribution in [0.5, 0.6) is 0 Å². The Morgan fingerprint density at radius 2 is 1.85 bits per heavy atom. The van der Waals surface area contributed by atoms with Crippen LogP contribution in [-0.2, 0) is 6.42 Å². The Morgan fingerprint density at radius 1 is 1.38 bits per heavy atom. The van der Waals surface area contributed by atoms with Crippen LogP contribution in [0.15, 0.2) is 24.5 Å². The van der Waals surface area contributed by atoms with Crippen LogP contribution in [-0.4, -0.2) is 5.11 Å². The average molecular weight is 221 g/mol. The molecule has 13 heavy (non-hydrogen) atoms. The van der Waals surface area contributed by atoms with Gasteiger partial charge in [-0.15, -0.1) is 0 Å². The molecule has 0 atom stereocenters. The predicted molar refractivity (Wildman–Crippen MR) is 51.9 cm³/mol. The van der Waals surface area contributed by atoms with Crippen LogP contribution in [0.25, 0.3) is 0 Å². The molecule has 1 aromatic rings. The summed E-state index contributed by atoms with van der Waals surface area (Å²) in [5.74, 6) is -0.558. The van der Waals surface area contributed by atoms with Crippen molar-refractivity contribution in [1.29, 1.82) is 0 Å². The van der Waals surface area contributed by atoms with Crippen LogP contribution >= 0.6 is 23.2 Å². The van der Waals surface area contributed by atoms with E-state index in [1.807, 2.05) is 0 Å². The second-order valence-corrected chi connectivity index (χ2v) is 3.41. The summed E-state index contributed by atoms with van der Waals surface area (Å²) in [5.41, 5.74) is 0.484. The summed E-state index contributed by atoms with van der Waals surface area (Å²) in [4.78, 5) is 0. The van der Waals surface area contributed by atoms with Crippen molar-refractivity contribution >= 4 is 23.2 Å². The van der Waals surface area contributed by atoms with Crippen molar-refractivity contribution in [3.05, 3.63) is 45.9 Å². The normalized spacial score (nSPS) is 10.1. The summed E-state index contributed by atoms with van der Waals surface area (Å²) in [6.07, 6.45) is 0.137. The van der Waals surface area contributed by atoms with Crippen LogP contribution < -0.4 is 0 Å². The summed E-state index contributed by atoms with van der Waals surface area (Å²) in [7, 11) is 0. The number of aliphatic hydroxyl groups is 1. The van der Waals surface area contributed by atoms with E-state index in [9.17, 15) is 4.39 Å². The third kappa shape index (κ3) is 2.61. The van der Waals surface area contributed by atoms with E-state index in [0.29, 0.717) is 5.56 Å². The van der Waals surface area contributed by atoms with Crippen molar-refractivity contribution in [2.45, 2.75) is 6.42 Å². The van der Waals surface area contributed by atoms with E-state index >= 15 is 0 Å². The molecule has 0 saturated heterocycles. The fraction of sp³-hybridized carbons (Fsp3) is 0.111. The average Bonchev–Trinajstić information content (AvgIpc) is 1.96. The largest absolute Gasteiger partial charge is 0.513 e. The quantitative estimate of drug-likeness (QED) is 0.754. The molecule has 0 aliphatic carbocycles. The zero-order valence-corrected chi connectivity index (χ0v) is 8.16. The molecule has 0 radical (unpaired) electrons. The Kier molecular flexibility index (Phi) is 3.17. The first kappa shape index (κ1) is 10.4. The molecule has 0 heterocycles. The van der Waals surface area contributed by atoms with Gasteiger partial charge in [-0.1, -0.05) is 29.8 Å². The highest BCUT2D eigenvalue weighted by atomic mass is 35.5. The lowest BCUT2D eigenvalue weighted by molar-refractivity contribution is 0.401. The minimum atomic E-state index is -0.498. The van der Waals surface area contributed by atoms with Crippen LogP contribution in [0, 0.1) is 5.82 Å². The van der Waals surface area contributed by atoms with E-state index in [4.69, 9.17) is 28.3 Å². The Labute approximate surface area is 85.4 Å². The lowest BCUT2D eigenvalue weighted by Gasteiger charge is -2.05. The minimum absolute atomic E-state index is 0.0598. The van der Waals surface area contributed by atoms with Gasteiger partial charge in [0.2, 0.25) is 0 Å². The Hall–Kier alpha value is -0.730. The summed E-state index contributed by atoms with van der Waals surface area (Å²) in [5, 5.41) is 9.31. The van der Waals surface area contributed by atoms with Crippen molar-refractivity contribution in [2.75, 3.05) is 0 Å². The van der Waals surface area contributed by atoms with Gasteiger partial charge in [0, 0.05) is 16.5 Å². The van der Waals surface area contributed by atoms with Crippen molar-refractivity contribution in [3.63, 3.8) is 0 Å². The molecule has 70 valence electrons. The van der Waals surface area contributed by atoms with Crippen molar-refractivity contribution in [2.24, 2.45) is 0 Å². The number of allylic oxidation sites excluding steroid dienone is 1. The minimum Gasteiger partial charge on any atom is -0.513 e. The maximum Gasteiger partial charge on any atom is 0.126 e. The van der Waals surface area contributed by atoms with Crippen LogP contribution in [0.3, 0.4) is 0 Å². The molecule has 0 aromatic heterocycles. The molecule has 0 fully saturated rings. The smallest absolute Gasteiger partial charge is 0.126 e. The van der Waals surface area contributed by atoms with Crippen molar-refractivity contribution in [3.8, 4) is 0 Å². The molecule has 1 nitrogen and oxygen atoms in total. The first-order valence-corrected chi connectivity index (χ1v) is 4.26. The van der Waals surface area contributed by atoms with Gasteiger partial charge in [0.05, 0.1) is 5.76 Å². The van der Waals surface area contributed by atoms with Gasteiger partial charge in [0.15, 0.2) is 0 Å². The van der Waals surface area contributed by atoms with Gasteiger partial charge in [-0.3, -0.25) is 0 Å². The molecule has 1 aromatic carbocycles. The molecule has 0 saturated carbocycles. The fourth-order valence-corrected chi connectivity index (χ4v) is 1.54. The summed E-state index contributed by atoms with van der Waals surface area (Å²) >= 11 is 11.4. The number of hydrogen-bond acceptors (Lipinski definition) is 1. The third-order valence-corrected chi connectivity index (χ3v) is 2.16. The van der Waals surface area contributed by atoms with Gasteiger partial charge >= 0.3 is 0 Å². The Balaban J connectivity index is 3.13. The van der Waals surface area contributed by atoms with E-state index in [1.54, 1.807) is 0 Å². The fourth-order valence-electron chi connectivity index (χ4n) is 0.945. The monoisotopic (exact) mass is 220 g/mol. The van der Waals surface area contributed by atoms with Crippen LogP contribution in [0.1, 0.15) is 5.56 Å². The maximum atomic E-state index is 12.7. The molecule has 0 aliphatic rings. The van der Waals surface area contributed by atoms with E-state index in [2.05, 4.69) is 6.58 Å². The second-order valence-electron chi connectivity index (χ2n) is 2.59. The number of hydrogen-bond donors (Lipinski definition) is 1. The van der Waals surface area contributed by atoms with E-state index in [1.165, 1.54) is 0 Å². The topological polar surface area (TPSA) is 20.2 Å². The Morgan fingerprint density at radius 3 is 2.23 bits per heavy atom. The third-order valence-electron chi connectivity index (χ3n) is 1.49. The molecule has 0 spiro atoms. The molecule has 0 amide bonds. The number of benzene rings is 1. The predicted octanol–water partition coefficient (Wildman–Crippen LogP) is 3.75. The molecular weight excluding hydrogens is 214 g/mol. The first-order valence-electron chi connectivity index (χ1n) is 3.51. The summed E-state index contributed by atoms with van der Waals surface area (Å²) in [6, 6.07) is 2.29. The van der Waals surface area contributed by atoms with Gasteiger partial charge in [0.25, 0.3) is 0 Å². The number of aliphatic hydroxyl groups excluding tert-OH is 1. The van der Waals surface area contributed by atoms with Gasteiger partial charge in [-0.2, -0.15) is 0 Å². The van der Waals surface area contributed by atoms with Gasteiger partial charge in [0.1, 0.15) is 5.82 Å². The van der Waals surface area contributed by atoms with E-state index in [-0.39, 0.29) is 22.2 Å². The lowest BCUT2D eigenvalue weighted by Crippen LogP contribution is -1.92. The van der Waals surface area contributed by atoms with Gasteiger partial charge in [-0.25, -0.2) is 4.39 Å². The maximum absolute atomic E-state index is 12.7. The molecule has 1 N–H and O–H groups in total. The molecular formula is C9H7Cl2FO. The van der Waals surface area contributed by atoms with Crippen LogP contribution in [0.4, 0.5) is 4.39 Å². The Bertz CT molecular complexity index is 326. The summed E-state index contributed by atoms with van der Waals surface area (Å²) < 4.78 is 12.7. The van der Waals surface area contributed by atoms with Gasteiger partial charge < -0.3 is 5.11 Å². The van der Waals surface area contributed by atoms with Crippen molar-refractivity contribution in [1.82, 2.24) is 0 Å². The highest BCUT2D eigenvalue weighted by Gasteiger charge is 2.08. The number of halogens is 3. The molecule has 0 aliphatic heterocycles. The van der Waals surface area contributed by atoms with E-state index < -0.39 is 5.82 Å². The first-order chi connectivity index (χ1) is 6.00. The highest BCUT2D eigenvalue weighted by Crippen LogP contribution is 2.27. The zero-order valence-electron chi connectivity index (χ0n) is 6.65. The lowest BCUT2D eigenvalue weighted by atomic mass is 10.1. The van der Waals surface area contributed by atoms with E-state index in [0.717, 1.165) is 12.1 Å². The summed E-state index contributed by atoms with van der Waals surface area (Å²) in [6.45, 7) is 3.30. The van der Waals surface area contributed by atoms with Gasteiger partial charge in [-0.05, 0) is 17.7 Å². The molecule has 4 heteroatoms. The SMILES string of the molecule is C=C(O)Cc1c(Cl)cc(F)cc1Cl. The molecule has 0 bridgehead atoms. The molecule has 0 unspecified atom stereocenters. The standard InChI is InChI=1S/C9H7Cl2FO/c1-5(13)2-7-8(10)3-6(12)4-9(7)11/h3-4,13H,1-2H2. The molecule has 1 rings (SSSR count). The van der Waals surface area contributed by atoms with Crippen LogP contribution in [0.2, 0.25) is 10.0 Å². The number of rotatable bonds is 2. The second kappa shape index (κ2) is 3.99. The highest BCUT2D eigenvalue weighted by molar-refractivity contribution is 6.36. The zero-order chi connectivity index (χ0) is 10.0. The van der Waals surface area contributed by atoms with Crippen molar-refractivity contribution < 1.29 is 9.50 Å².